The normalized spacial score (nSPS) is 12.2. The number of fused-ring (bicyclic) bond motifs is 1. The lowest BCUT2D eigenvalue weighted by Crippen LogP contribution is -2.29. The molecular weight excluding hydrogens is 486 g/mol. The molecule has 0 bridgehead atoms. The molecule has 8 heteroatoms. The fourth-order valence-electron chi connectivity index (χ4n) is 4.66. The van der Waals surface area contributed by atoms with E-state index in [1.807, 2.05) is 49.8 Å². The number of aryl methyl sites for hydroxylation is 4. The molecule has 0 unspecified atom stereocenters. The second kappa shape index (κ2) is 11.0. The summed E-state index contributed by atoms with van der Waals surface area (Å²) in [5, 5.41) is 4.91. The van der Waals surface area contributed by atoms with Crippen LogP contribution < -0.4 is 5.56 Å². The van der Waals surface area contributed by atoms with Gasteiger partial charge < -0.3 is 0 Å². The molecule has 1 aliphatic heterocycles. The Morgan fingerprint density at radius 2 is 1.89 bits per heavy atom. The molecule has 4 aromatic rings. The van der Waals surface area contributed by atoms with Crippen LogP contribution in [0.15, 0.2) is 70.8 Å². The van der Waals surface area contributed by atoms with Gasteiger partial charge in [0.2, 0.25) is 0 Å². The molecule has 0 N–H and O–H groups in total. The molecule has 3 heterocycles. The highest BCUT2D eigenvalue weighted by molar-refractivity contribution is 6.32. The molecular formula is C29H28ClN5O2. The van der Waals surface area contributed by atoms with Gasteiger partial charge in [0.1, 0.15) is 5.69 Å². The SMILES string of the molecule is Cn1cc(-c2cnc(CCCc3ccccc3)c(=O)n2CC(=O)CCc2cc(Cl)c3c(c2)N=CC3)cn1. The Labute approximate surface area is 220 Å². The average molecular weight is 514 g/mol. The number of aliphatic imine (C=N–C) groups is 1. The second-order valence-electron chi connectivity index (χ2n) is 9.35. The van der Waals surface area contributed by atoms with Gasteiger partial charge in [0.25, 0.3) is 5.56 Å². The van der Waals surface area contributed by atoms with Gasteiger partial charge in [-0.3, -0.25) is 28.8 Å². The predicted octanol–water partition coefficient (Wildman–Crippen LogP) is 4.93. The molecule has 7 nitrogen and oxygen atoms in total. The van der Waals surface area contributed by atoms with Gasteiger partial charge in [0.15, 0.2) is 5.78 Å². The van der Waals surface area contributed by atoms with Gasteiger partial charge in [0.05, 0.1) is 30.3 Å². The summed E-state index contributed by atoms with van der Waals surface area (Å²) < 4.78 is 3.21. The Morgan fingerprint density at radius 3 is 2.68 bits per heavy atom. The van der Waals surface area contributed by atoms with Crippen LogP contribution in [-0.4, -0.2) is 31.3 Å². The molecule has 0 atom stereocenters. The van der Waals surface area contributed by atoms with Gasteiger partial charge in [-0.05, 0) is 48.9 Å². The first kappa shape index (κ1) is 24.8. The van der Waals surface area contributed by atoms with Crippen LogP contribution in [0.5, 0.6) is 0 Å². The molecule has 5 rings (SSSR count). The van der Waals surface area contributed by atoms with E-state index in [1.165, 1.54) is 5.56 Å². The van der Waals surface area contributed by atoms with Crippen LogP contribution in [0.1, 0.15) is 35.2 Å². The minimum atomic E-state index is -0.224. The Morgan fingerprint density at radius 1 is 1.05 bits per heavy atom. The molecule has 0 saturated carbocycles. The lowest BCUT2D eigenvalue weighted by molar-refractivity contribution is -0.119. The molecule has 2 aromatic heterocycles. The zero-order chi connectivity index (χ0) is 25.8. The van der Waals surface area contributed by atoms with E-state index in [0.717, 1.165) is 41.6 Å². The average Bonchev–Trinajstić information content (AvgIpc) is 3.55. The van der Waals surface area contributed by atoms with Crippen molar-refractivity contribution in [3.8, 4) is 11.3 Å². The smallest absolute Gasteiger partial charge is 0.273 e. The van der Waals surface area contributed by atoms with E-state index in [9.17, 15) is 9.59 Å². The molecule has 188 valence electrons. The van der Waals surface area contributed by atoms with Crippen LogP contribution in [0.2, 0.25) is 5.02 Å². The summed E-state index contributed by atoms with van der Waals surface area (Å²) in [5.41, 5.74) is 5.68. The van der Waals surface area contributed by atoms with Crippen molar-refractivity contribution in [1.82, 2.24) is 19.3 Å². The van der Waals surface area contributed by atoms with Crippen LogP contribution in [0, 0.1) is 0 Å². The first-order valence-corrected chi connectivity index (χ1v) is 12.8. The number of benzene rings is 2. The maximum atomic E-state index is 13.5. The Balaban J connectivity index is 1.33. The van der Waals surface area contributed by atoms with Gasteiger partial charge in [-0.25, -0.2) is 0 Å². The number of ketones is 1. The topological polar surface area (TPSA) is 82.1 Å². The van der Waals surface area contributed by atoms with Crippen LogP contribution in [0.3, 0.4) is 0 Å². The molecule has 1 aliphatic rings. The van der Waals surface area contributed by atoms with Gasteiger partial charge in [-0.15, -0.1) is 0 Å². The third-order valence-corrected chi connectivity index (χ3v) is 6.97. The predicted molar refractivity (Wildman–Crippen MR) is 146 cm³/mol. The molecule has 0 amide bonds. The molecule has 2 aromatic carbocycles. The van der Waals surface area contributed by atoms with Gasteiger partial charge >= 0.3 is 0 Å². The molecule has 37 heavy (non-hydrogen) atoms. The lowest BCUT2D eigenvalue weighted by atomic mass is 10.0. The van der Waals surface area contributed by atoms with E-state index in [-0.39, 0.29) is 17.9 Å². The lowest BCUT2D eigenvalue weighted by Gasteiger charge is -2.13. The van der Waals surface area contributed by atoms with Crippen molar-refractivity contribution in [3.63, 3.8) is 0 Å². The largest absolute Gasteiger partial charge is 0.298 e. The number of carbonyl (C=O) groups excluding carboxylic acids is 1. The monoisotopic (exact) mass is 513 g/mol. The number of hydrogen-bond acceptors (Lipinski definition) is 5. The highest BCUT2D eigenvalue weighted by Gasteiger charge is 2.17. The molecule has 0 saturated heterocycles. The number of Topliss-reactive ketones (excluding diaryl/α,β-unsaturated/α-hetero) is 1. The number of carbonyl (C=O) groups is 1. The minimum absolute atomic E-state index is 0.0198. The van der Waals surface area contributed by atoms with Crippen LogP contribution >= 0.6 is 11.6 Å². The summed E-state index contributed by atoms with van der Waals surface area (Å²) in [6.07, 6.45) is 10.8. The van der Waals surface area contributed by atoms with Gasteiger partial charge in [-0.1, -0.05) is 41.9 Å². The standard InChI is InChI=1S/C29H28ClN5O2/c1-34-18-22(16-33-34)28-17-32-26(9-5-8-20-6-3-2-4-7-20)29(37)35(28)19-23(36)11-10-21-14-25(30)24-12-13-31-27(24)15-21/h2-4,6-7,13-18H,5,8-12,19H2,1H3. The van der Waals surface area contributed by atoms with Gasteiger partial charge in [-0.2, -0.15) is 5.10 Å². The summed E-state index contributed by atoms with van der Waals surface area (Å²) in [6.45, 7) is -0.0198. The quantitative estimate of drug-likeness (QED) is 0.301. The van der Waals surface area contributed by atoms with E-state index < -0.39 is 0 Å². The molecule has 0 spiro atoms. The van der Waals surface area contributed by atoms with Crippen molar-refractivity contribution < 1.29 is 4.79 Å². The van der Waals surface area contributed by atoms with Crippen molar-refractivity contribution in [2.24, 2.45) is 12.0 Å². The number of nitrogens with zero attached hydrogens (tertiary/aromatic N) is 5. The maximum Gasteiger partial charge on any atom is 0.273 e. The number of hydrogen-bond donors (Lipinski definition) is 0. The molecule has 0 radical (unpaired) electrons. The van der Waals surface area contributed by atoms with Crippen molar-refractivity contribution in [2.75, 3.05) is 0 Å². The highest BCUT2D eigenvalue weighted by Crippen LogP contribution is 2.32. The molecule has 0 fully saturated rings. The van der Waals surface area contributed by atoms with E-state index in [2.05, 4.69) is 27.2 Å². The Kier molecular flexibility index (Phi) is 7.42. The van der Waals surface area contributed by atoms with Crippen LogP contribution in [-0.2, 0) is 44.1 Å². The number of halogens is 1. The first-order valence-electron chi connectivity index (χ1n) is 12.4. The summed E-state index contributed by atoms with van der Waals surface area (Å²) in [5.74, 6) is -0.0335. The fourth-order valence-corrected chi connectivity index (χ4v) is 4.97. The van der Waals surface area contributed by atoms with Crippen molar-refractivity contribution in [2.45, 2.75) is 45.1 Å². The zero-order valence-corrected chi connectivity index (χ0v) is 21.5. The summed E-state index contributed by atoms with van der Waals surface area (Å²) in [4.78, 5) is 35.4. The Hall–Kier alpha value is -3.84. The van der Waals surface area contributed by atoms with E-state index in [1.54, 1.807) is 21.6 Å². The molecule has 0 aliphatic carbocycles. The second-order valence-corrected chi connectivity index (χ2v) is 9.76. The van der Waals surface area contributed by atoms with E-state index in [4.69, 9.17) is 11.6 Å². The summed E-state index contributed by atoms with van der Waals surface area (Å²) in [6, 6.07) is 14.1. The van der Waals surface area contributed by atoms with Crippen molar-refractivity contribution >= 4 is 29.3 Å². The summed E-state index contributed by atoms with van der Waals surface area (Å²) in [7, 11) is 1.81. The fraction of sp³-hybridized carbons (Fsp3) is 0.276. The van der Waals surface area contributed by atoms with Crippen LogP contribution in [0.4, 0.5) is 5.69 Å². The number of aromatic nitrogens is 4. The minimum Gasteiger partial charge on any atom is -0.298 e. The highest BCUT2D eigenvalue weighted by atomic mass is 35.5. The maximum absolute atomic E-state index is 13.5. The zero-order valence-electron chi connectivity index (χ0n) is 20.7. The third-order valence-electron chi connectivity index (χ3n) is 6.63. The third kappa shape index (κ3) is 5.78. The number of rotatable bonds is 10. The van der Waals surface area contributed by atoms with E-state index >= 15 is 0 Å². The van der Waals surface area contributed by atoms with E-state index in [0.29, 0.717) is 35.7 Å². The van der Waals surface area contributed by atoms with Crippen molar-refractivity contribution in [3.05, 3.63) is 98.8 Å². The Bertz CT molecular complexity index is 1520. The first-order chi connectivity index (χ1) is 18.0. The summed E-state index contributed by atoms with van der Waals surface area (Å²) >= 11 is 6.40. The van der Waals surface area contributed by atoms with Crippen LogP contribution in [0.25, 0.3) is 11.3 Å². The van der Waals surface area contributed by atoms with Gasteiger partial charge in [0, 0.05) is 48.5 Å². The van der Waals surface area contributed by atoms with Crippen molar-refractivity contribution in [1.29, 1.82) is 0 Å².